The van der Waals surface area contributed by atoms with Gasteiger partial charge in [-0.05, 0) is 0 Å². The van der Waals surface area contributed by atoms with E-state index in [1.54, 1.807) is 0 Å². The van der Waals surface area contributed by atoms with E-state index in [9.17, 15) is 0 Å². The Morgan fingerprint density at radius 3 is 1.13 bits per heavy atom. The van der Waals surface area contributed by atoms with Gasteiger partial charge in [-0.25, -0.2) is 0 Å². The van der Waals surface area contributed by atoms with Gasteiger partial charge >= 0.3 is 203 Å². The molecule has 0 radical (unpaired) electrons. The summed E-state index contributed by atoms with van der Waals surface area (Å²) >= 11 is -0.487. The quantitative estimate of drug-likeness (QED) is 0.303. The van der Waals surface area contributed by atoms with Crippen LogP contribution in [0.1, 0.15) is 101 Å². The van der Waals surface area contributed by atoms with Crippen molar-refractivity contribution in [3.63, 3.8) is 0 Å². The number of nitrogens with zero attached hydrogens (tertiary/aromatic N) is 2. The van der Waals surface area contributed by atoms with Crippen LogP contribution in [-0.2, 0) is 18.2 Å². The number of benzene rings is 2. The molecule has 0 aliphatic carbocycles. The average Bonchev–Trinajstić information content (AvgIpc) is 3.15. The average molecular weight is 623 g/mol. The third kappa shape index (κ3) is 4.83. The van der Waals surface area contributed by atoms with Crippen LogP contribution in [0, 0.1) is 0 Å². The molecule has 1 aliphatic rings. The molecule has 2 nitrogen and oxygen atoms in total. The summed E-state index contributed by atoms with van der Waals surface area (Å²) < 4.78 is 1.31. The Bertz CT molecular complexity index is 820. The zero-order valence-electron chi connectivity index (χ0n) is 20.3. The van der Waals surface area contributed by atoms with Crippen molar-refractivity contribution in [2.75, 3.05) is 22.9 Å². The van der Waals surface area contributed by atoms with Gasteiger partial charge in [-0.2, -0.15) is 0 Å². The molecule has 1 heterocycles. The monoisotopic (exact) mass is 622 g/mol. The van der Waals surface area contributed by atoms with Crippen molar-refractivity contribution in [3.05, 3.63) is 58.7 Å². The van der Waals surface area contributed by atoms with Crippen molar-refractivity contribution >= 4 is 24.5 Å². The summed E-state index contributed by atoms with van der Waals surface area (Å²) in [6.07, 6.45) is 0. The third-order valence-corrected chi connectivity index (χ3v) is 8.60. The number of rotatable bonds is 6. The summed E-state index contributed by atoms with van der Waals surface area (Å²) in [4.78, 5) is 5.11. The predicted octanol–water partition coefficient (Wildman–Crippen LogP) is 7.83. The Hall–Kier alpha value is -1.06. The molecule has 0 amide bonds. The van der Waals surface area contributed by atoms with Gasteiger partial charge in [-0.1, -0.05) is 0 Å². The van der Waals surface area contributed by atoms with E-state index in [0.29, 0.717) is 23.7 Å². The molecular weight excluding hydrogens is 585 g/mol. The van der Waals surface area contributed by atoms with E-state index >= 15 is 0 Å². The summed E-state index contributed by atoms with van der Waals surface area (Å²) in [6, 6.07) is 13.7. The van der Waals surface area contributed by atoms with Crippen molar-refractivity contribution in [3.8, 4) is 0 Å². The molecule has 1 fully saturated rings. The molecular formula is C27H38AuClN2-2. The first kappa shape index (κ1) is 24.6. The number of halogens is 1. The van der Waals surface area contributed by atoms with Gasteiger partial charge in [0.05, 0.1) is 0 Å². The van der Waals surface area contributed by atoms with Crippen LogP contribution >= 0.6 is 9.19 Å². The number of para-hydroxylation sites is 2. The minimum absolute atomic E-state index is 0.477. The fourth-order valence-corrected chi connectivity index (χ4v) is 7.03. The summed E-state index contributed by atoms with van der Waals surface area (Å²) in [5.41, 5.74) is 8.51. The van der Waals surface area contributed by atoms with Crippen LogP contribution in [0.15, 0.2) is 36.4 Å². The molecule has 0 spiro atoms. The molecule has 176 valence electrons. The van der Waals surface area contributed by atoms with Gasteiger partial charge in [-0.15, -0.1) is 0 Å². The Morgan fingerprint density at radius 1 is 0.613 bits per heavy atom. The molecule has 0 aromatic heterocycles. The molecule has 4 heteroatoms. The molecule has 0 bridgehead atoms. The van der Waals surface area contributed by atoms with Crippen LogP contribution in [0.4, 0.5) is 11.4 Å². The minimum atomic E-state index is -0.487. The maximum absolute atomic E-state index is 6.80. The standard InChI is InChI=1S/C27H38N2.Au.ClH/c1-18(2)22-11-9-12-23(19(3)4)26(22)28-15-16-29(17-28)27-24(20(5)6)13-10-14-25(27)21(7)8;;/h9-14,18-21H,15-16H2,1-8H3;;1H/q;-1;/p-1. The van der Waals surface area contributed by atoms with Gasteiger partial charge in [0.25, 0.3) is 0 Å². The van der Waals surface area contributed by atoms with Gasteiger partial charge in [0.15, 0.2) is 0 Å². The second-order valence-corrected chi connectivity index (χ2v) is 12.1. The summed E-state index contributed by atoms with van der Waals surface area (Å²) in [6.45, 7) is 20.4. The van der Waals surface area contributed by atoms with Crippen molar-refractivity contribution in [2.24, 2.45) is 0 Å². The first-order chi connectivity index (χ1) is 14.7. The first-order valence-electron chi connectivity index (χ1n) is 11.6. The van der Waals surface area contributed by atoms with E-state index < -0.39 is 18.2 Å². The van der Waals surface area contributed by atoms with E-state index in [4.69, 9.17) is 9.19 Å². The van der Waals surface area contributed by atoms with Crippen LogP contribution < -0.4 is 9.80 Å². The van der Waals surface area contributed by atoms with E-state index in [-0.39, 0.29) is 0 Å². The van der Waals surface area contributed by atoms with Crippen LogP contribution in [0.5, 0.6) is 0 Å². The van der Waals surface area contributed by atoms with Crippen LogP contribution in [0.3, 0.4) is 0 Å². The Labute approximate surface area is 202 Å². The SMILES string of the molecule is CC(C)c1cccc(C(C)C)c1N1CCN(c2c(C(C)C)cccc2C(C)C)[C]1=[Au-2][Cl]. The van der Waals surface area contributed by atoms with Crippen molar-refractivity contribution in [1.82, 2.24) is 0 Å². The van der Waals surface area contributed by atoms with Gasteiger partial charge in [0.1, 0.15) is 0 Å². The molecule has 0 unspecified atom stereocenters. The molecule has 2 aromatic carbocycles. The number of hydrogen-bond donors (Lipinski definition) is 0. The molecule has 1 aliphatic heterocycles. The van der Waals surface area contributed by atoms with Crippen molar-refractivity contribution in [2.45, 2.75) is 79.1 Å². The molecule has 0 atom stereocenters. The third-order valence-electron chi connectivity index (χ3n) is 6.23. The Kier molecular flexibility index (Phi) is 8.13. The van der Waals surface area contributed by atoms with E-state index in [2.05, 4.69) is 102 Å². The van der Waals surface area contributed by atoms with Gasteiger partial charge < -0.3 is 0 Å². The van der Waals surface area contributed by atoms with Gasteiger partial charge in [0, 0.05) is 0 Å². The zero-order valence-corrected chi connectivity index (χ0v) is 23.2. The Balaban J connectivity index is 2.18. The number of hydrogen-bond acceptors (Lipinski definition) is 2. The molecule has 2 aromatic rings. The normalized spacial score (nSPS) is 14.9. The summed E-state index contributed by atoms with van der Waals surface area (Å²) in [5, 5.41) is 0. The predicted molar refractivity (Wildman–Crippen MR) is 135 cm³/mol. The first-order valence-corrected chi connectivity index (χ1v) is 15.3. The van der Waals surface area contributed by atoms with Crippen molar-refractivity contribution in [1.29, 1.82) is 0 Å². The van der Waals surface area contributed by atoms with Gasteiger partial charge in [0.2, 0.25) is 0 Å². The van der Waals surface area contributed by atoms with Gasteiger partial charge in [-0.3, -0.25) is 0 Å². The van der Waals surface area contributed by atoms with Crippen molar-refractivity contribution < 1.29 is 18.2 Å². The fourth-order valence-electron chi connectivity index (χ4n) is 4.61. The van der Waals surface area contributed by atoms with E-state index in [1.165, 1.54) is 37.6 Å². The second-order valence-electron chi connectivity index (χ2n) is 9.78. The molecule has 0 saturated carbocycles. The second kappa shape index (κ2) is 10.3. The molecule has 31 heavy (non-hydrogen) atoms. The summed E-state index contributed by atoms with van der Waals surface area (Å²) in [5.74, 6) is 1.91. The van der Waals surface area contributed by atoms with Crippen LogP contribution in [0.25, 0.3) is 0 Å². The summed E-state index contributed by atoms with van der Waals surface area (Å²) in [7, 11) is 6.80. The zero-order chi connectivity index (χ0) is 22.9. The Morgan fingerprint density at radius 2 is 0.903 bits per heavy atom. The van der Waals surface area contributed by atoms with E-state index in [1.807, 2.05) is 0 Å². The number of anilines is 2. The molecule has 3 rings (SSSR count). The fraction of sp³-hybridized carbons (Fsp3) is 0.519. The molecule has 0 N–H and O–H groups in total. The maximum atomic E-state index is 6.80. The van der Waals surface area contributed by atoms with E-state index in [0.717, 1.165) is 13.1 Å². The van der Waals surface area contributed by atoms with Crippen LogP contribution in [-0.4, -0.2) is 17.1 Å². The molecule has 1 saturated heterocycles. The topological polar surface area (TPSA) is 6.48 Å². The van der Waals surface area contributed by atoms with Crippen LogP contribution in [0.2, 0.25) is 0 Å².